The van der Waals surface area contributed by atoms with E-state index in [4.69, 9.17) is 16.0 Å². The van der Waals surface area contributed by atoms with E-state index >= 15 is 0 Å². The van der Waals surface area contributed by atoms with Crippen LogP contribution in [0.25, 0.3) is 6.08 Å². The molecule has 0 spiro atoms. The third-order valence-electron chi connectivity index (χ3n) is 5.36. The number of urea groups is 1. The van der Waals surface area contributed by atoms with Crippen molar-refractivity contribution < 1.29 is 18.8 Å². The number of imide groups is 2. The number of barbiturate groups is 1. The van der Waals surface area contributed by atoms with Crippen molar-refractivity contribution >= 4 is 53.0 Å². The molecule has 1 aromatic heterocycles. The Balaban J connectivity index is 1.56. The van der Waals surface area contributed by atoms with Crippen molar-refractivity contribution in [2.45, 2.75) is 36.2 Å². The number of anilines is 1. The fraction of sp³-hybridized carbons (Fsp3) is 0.160. The molecule has 1 aliphatic rings. The van der Waals surface area contributed by atoms with Gasteiger partial charge in [-0.25, -0.2) is 9.69 Å². The molecule has 0 aliphatic carbocycles. The zero-order valence-electron chi connectivity index (χ0n) is 18.0. The second kappa shape index (κ2) is 9.68. The smallest absolute Gasteiger partial charge is 0.335 e. The van der Waals surface area contributed by atoms with Gasteiger partial charge in [-0.15, -0.1) is 0 Å². The van der Waals surface area contributed by atoms with Gasteiger partial charge in [0.25, 0.3) is 11.8 Å². The number of furan rings is 1. The van der Waals surface area contributed by atoms with Gasteiger partial charge in [0.2, 0.25) is 0 Å². The molecule has 1 aliphatic heterocycles. The Morgan fingerprint density at radius 2 is 1.73 bits per heavy atom. The Morgan fingerprint density at radius 1 is 1.03 bits per heavy atom. The summed E-state index contributed by atoms with van der Waals surface area (Å²) in [6, 6.07) is 17.1. The summed E-state index contributed by atoms with van der Waals surface area (Å²) in [6.07, 6.45) is 2.32. The molecule has 6 nitrogen and oxygen atoms in total. The van der Waals surface area contributed by atoms with Gasteiger partial charge in [-0.05, 0) is 72.5 Å². The van der Waals surface area contributed by atoms with Crippen molar-refractivity contribution in [1.29, 1.82) is 0 Å². The van der Waals surface area contributed by atoms with Gasteiger partial charge in [-0.1, -0.05) is 49.3 Å². The first-order valence-electron chi connectivity index (χ1n) is 10.4. The Hall–Kier alpha value is -3.29. The van der Waals surface area contributed by atoms with E-state index in [-0.39, 0.29) is 5.57 Å². The first-order valence-corrected chi connectivity index (χ1v) is 11.6. The van der Waals surface area contributed by atoms with Gasteiger partial charge in [0.1, 0.15) is 11.3 Å². The van der Waals surface area contributed by atoms with Crippen molar-refractivity contribution in [1.82, 2.24) is 5.32 Å². The summed E-state index contributed by atoms with van der Waals surface area (Å²) >= 11 is 7.29. The number of carbonyl (C=O) groups excluding carboxylic acids is 3. The van der Waals surface area contributed by atoms with E-state index in [1.807, 2.05) is 24.3 Å². The zero-order chi connectivity index (χ0) is 23.5. The van der Waals surface area contributed by atoms with Crippen LogP contribution in [0, 0.1) is 0 Å². The molecule has 1 atom stereocenters. The number of hydrogen-bond acceptors (Lipinski definition) is 5. The number of nitrogens with one attached hydrogen (secondary N) is 1. The fourth-order valence-corrected chi connectivity index (χ4v) is 4.21. The molecule has 0 bridgehead atoms. The number of rotatable bonds is 6. The number of benzene rings is 2. The Kier molecular flexibility index (Phi) is 6.72. The van der Waals surface area contributed by atoms with E-state index in [9.17, 15) is 14.4 Å². The van der Waals surface area contributed by atoms with Gasteiger partial charge in [0.15, 0.2) is 5.09 Å². The number of nitrogens with zero attached hydrogens (tertiary/aromatic N) is 1. The second-order valence-corrected chi connectivity index (χ2v) is 9.09. The summed E-state index contributed by atoms with van der Waals surface area (Å²) < 4.78 is 5.76. The summed E-state index contributed by atoms with van der Waals surface area (Å²) in [7, 11) is 0. The molecule has 2 heterocycles. The largest absolute Gasteiger partial charge is 0.450 e. The van der Waals surface area contributed by atoms with E-state index in [0.29, 0.717) is 27.5 Å². The highest BCUT2D eigenvalue weighted by Gasteiger charge is 2.37. The van der Waals surface area contributed by atoms with Crippen LogP contribution >= 0.6 is 23.4 Å². The molecule has 4 amide bonds. The van der Waals surface area contributed by atoms with Crippen LogP contribution in [0.2, 0.25) is 5.02 Å². The lowest BCUT2D eigenvalue weighted by molar-refractivity contribution is -0.122. The summed E-state index contributed by atoms with van der Waals surface area (Å²) in [5.41, 5.74) is 1.32. The number of amides is 4. The predicted octanol–water partition coefficient (Wildman–Crippen LogP) is 6.26. The standard InChI is InChI=1S/C25H21ClN2O4S/c1-3-15(2)16-4-8-18(9-5-16)28-24(30)21(23(29)27-25(28)31)14-19-10-13-22(32-19)33-20-11-6-17(26)7-12-20/h4-15H,3H2,1-2H3,(H,27,29,31)/b21-14-. The molecular weight excluding hydrogens is 460 g/mol. The van der Waals surface area contributed by atoms with Crippen LogP contribution in [0.1, 0.15) is 37.5 Å². The van der Waals surface area contributed by atoms with E-state index in [1.54, 1.807) is 36.4 Å². The quantitative estimate of drug-likeness (QED) is 0.332. The molecule has 1 N–H and O–H groups in total. The number of hydrogen-bond donors (Lipinski definition) is 1. The lowest BCUT2D eigenvalue weighted by Crippen LogP contribution is -2.54. The summed E-state index contributed by atoms with van der Waals surface area (Å²) in [4.78, 5) is 39.8. The van der Waals surface area contributed by atoms with Gasteiger partial charge >= 0.3 is 6.03 Å². The minimum atomic E-state index is -0.781. The summed E-state index contributed by atoms with van der Waals surface area (Å²) in [6.45, 7) is 4.20. The van der Waals surface area contributed by atoms with Crippen molar-refractivity contribution in [3.63, 3.8) is 0 Å². The van der Waals surface area contributed by atoms with Crippen LogP contribution in [-0.2, 0) is 9.59 Å². The number of carbonyl (C=O) groups is 3. The van der Waals surface area contributed by atoms with Gasteiger partial charge in [0.05, 0.1) is 5.69 Å². The normalized spacial score (nSPS) is 16.3. The average Bonchev–Trinajstić information content (AvgIpc) is 3.25. The first kappa shape index (κ1) is 22.9. The molecule has 4 rings (SSSR count). The highest BCUT2D eigenvalue weighted by molar-refractivity contribution is 7.99. The molecule has 1 saturated heterocycles. The molecule has 1 fully saturated rings. The molecule has 1 unspecified atom stereocenters. The maximum absolute atomic E-state index is 13.1. The monoisotopic (exact) mass is 480 g/mol. The molecule has 2 aromatic carbocycles. The molecule has 0 radical (unpaired) electrons. The maximum Gasteiger partial charge on any atom is 0.335 e. The molecule has 8 heteroatoms. The van der Waals surface area contributed by atoms with E-state index in [2.05, 4.69) is 19.2 Å². The fourth-order valence-electron chi connectivity index (χ4n) is 3.31. The minimum Gasteiger partial charge on any atom is -0.450 e. The van der Waals surface area contributed by atoms with Gasteiger partial charge in [-0.3, -0.25) is 14.9 Å². The number of halogens is 1. The van der Waals surface area contributed by atoms with Crippen LogP contribution in [-0.4, -0.2) is 17.8 Å². The van der Waals surface area contributed by atoms with Crippen LogP contribution in [0.15, 0.2) is 80.6 Å². The first-order chi connectivity index (χ1) is 15.9. The SMILES string of the molecule is CCC(C)c1ccc(N2C(=O)NC(=O)/C(=C/c3ccc(Sc4ccc(Cl)cc4)o3)C2=O)cc1. The van der Waals surface area contributed by atoms with Crippen LogP contribution < -0.4 is 10.2 Å². The molecule has 33 heavy (non-hydrogen) atoms. The van der Waals surface area contributed by atoms with Gasteiger partial charge < -0.3 is 4.42 Å². The van der Waals surface area contributed by atoms with Crippen molar-refractivity contribution in [3.8, 4) is 0 Å². The highest BCUT2D eigenvalue weighted by atomic mass is 35.5. The van der Waals surface area contributed by atoms with E-state index in [1.165, 1.54) is 17.8 Å². The Labute approximate surface area is 200 Å². The van der Waals surface area contributed by atoms with Crippen LogP contribution in [0.5, 0.6) is 0 Å². The van der Waals surface area contributed by atoms with Crippen LogP contribution in [0.4, 0.5) is 10.5 Å². The van der Waals surface area contributed by atoms with Gasteiger partial charge in [-0.2, -0.15) is 0 Å². The zero-order valence-corrected chi connectivity index (χ0v) is 19.6. The topological polar surface area (TPSA) is 79.6 Å². The van der Waals surface area contributed by atoms with Crippen molar-refractivity contribution in [3.05, 3.63) is 82.6 Å². The molecular formula is C25H21ClN2O4S. The van der Waals surface area contributed by atoms with E-state index in [0.717, 1.165) is 21.8 Å². The Bertz CT molecular complexity index is 1230. The minimum absolute atomic E-state index is 0.182. The lowest BCUT2D eigenvalue weighted by atomic mass is 9.98. The average molecular weight is 481 g/mol. The third-order valence-corrected chi connectivity index (χ3v) is 6.54. The third kappa shape index (κ3) is 5.05. The summed E-state index contributed by atoms with van der Waals surface area (Å²) in [5.74, 6) is -0.781. The van der Waals surface area contributed by atoms with Gasteiger partial charge in [0, 0.05) is 9.92 Å². The van der Waals surface area contributed by atoms with Crippen molar-refractivity contribution in [2.24, 2.45) is 0 Å². The Morgan fingerprint density at radius 3 is 2.39 bits per heavy atom. The molecule has 168 valence electrons. The molecule has 3 aromatic rings. The van der Waals surface area contributed by atoms with E-state index < -0.39 is 17.8 Å². The lowest BCUT2D eigenvalue weighted by Gasteiger charge is -2.26. The van der Waals surface area contributed by atoms with Crippen molar-refractivity contribution in [2.75, 3.05) is 4.90 Å². The summed E-state index contributed by atoms with van der Waals surface area (Å²) in [5, 5.41) is 3.45. The highest BCUT2D eigenvalue weighted by Crippen LogP contribution is 2.31. The second-order valence-electron chi connectivity index (χ2n) is 7.57. The predicted molar refractivity (Wildman–Crippen MR) is 128 cm³/mol. The molecule has 0 saturated carbocycles. The van der Waals surface area contributed by atoms with Crippen LogP contribution in [0.3, 0.4) is 0 Å². The maximum atomic E-state index is 13.1.